The van der Waals surface area contributed by atoms with Crippen molar-refractivity contribution in [2.24, 2.45) is 0 Å². The molecule has 0 bridgehead atoms. The van der Waals surface area contributed by atoms with E-state index in [4.69, 9.17) is 5.11 Å². The Morgan fingerprint density at radius 1 is 1.75 bits per heavy atom. The molecule has 0 aliphatic heterocycles. The highest BCUT2D eigenvalue weighted by atomic mass is 16.6. The molecule has 0 aliphatic rings. The fraction of sp³-hybridized carbons (Fsp3) is 0.667. The van der Waals surface area contributed by atoms with Crippen LogP contribution >= 0.6 is 0 Å². The zero-order valence-corrected chi connectivity index (χ0v) is 5.56. The van der Waals surface area contributed by atoms with Crippen molar-refractivity contribution in [3.05, 3.63) is 12.2 Å². The topological polar surface area (TPSA) is 29.5 Å². The van der Waals surface area contributed by atoms with Crippen molar-refractivity contribution in [1.29, 1.82) is 0 Å². The summed E-state index contributed by atoms with van der Waals surface area (Å²) in [4.78, 5) is 0. The molecule has 1 N–H and O–H groups in total. The maximum absolute atomic E-state index is 9.08. The van der Waals surface area contributed by atoms with E-state index in [-0.39, 0.29) is 0 Å². The van der Waals surface area contributed by atoms with Crippen LogP contribution in [0.4, 0.5) is 0 Å². The van der Waals surface area contributed by atoms with Crippen LogP contribution in [0.15, 0.2) is 12.2 Å². The lowest BCUT2D eigenvalue weighted by molar-refractivity contribution is -0.139. The van der Waals surface area contributed by atoms with Gasteiger partial charge in [0, 0.05) is 7.11 Å². The number of hydrogen-bond donors (Lipinski definition) is 1. The Morgan fingerprint density at radius 3 is 2.12 bits per heavy atom. The summed E-state index contributed by atoms with van der Waals surface area (Å²) in [6.45, 7) is 6.79. The molecule has 0 aliphatic carbocycles. The van der Waals surface area contributed by atoms with E-state index < -0.39 is 5.79 Å². The second kappa shape index (κ2) is 2.29. The molecule has 0 fully saturated rings. The van der Waals surface area contributed by atoms with Crippen molar-refractivity contribution < 1.29 is 9.84 Å². The fourth-order valence-electron chi connectivity index (χ4n) is 0.174. The summed E-state index contributed by atoms with van der Waals surface area (Å²) in [6.07, 6.45) is 0. The first-order valence-corrected chi connectivity index (χ1v) is 2.44. The zero-order chi connectivity index (χ0) is 6.78. The SMILES string of the molecule is C=C(C)C(C)(O)OC. The van der Waals surface area contributed by atoms with Crippen LogP contribution in [0.1, 0.15) is 13.8 Å². The molecule has 0 rings (SSSR count). The van der Waals surface area contributed by atoms with E-state index in [2.05, 4.69) is 11.3 Å². The molecule has 0 heterocycles. The summed E-state index contributed by atoms with van der Waals surface area (Å²) in [7, 11) is 1.44. The normalized spacial score (nSPS) is 17.5. The van der Waals surface area contributed by atoms with Crippen LogP contribution in [0, 0.1) is 0 Å². The summed E-state index contributed by atoms with van der Waals surface area (Å²) in [5.41, 5.74) is 0.611. The Labute approximate surface area is 49.8 Å². The lowest BCUT2D eigenvalue weighted by Gasteiger charge is -2.20. The van der Waals surface area contributed by atoms with Crippen molar-refractivity contribution in [3.63, 3.8) is 0 Å². The van der Waals surface area contributed by atoms with Crippen LogP contribution in [0.5, 0.6) is 0 Å². The van der Waals surface area contributed by atoms with Crippen molar-refractivity contribution in [2.45, 2.75) is 19.6 Å². The smallest absolute Gasteiger partial charge is 0.184 e. The van der Waals surface area contributed by atoms with Gasteiger partial charge < -0.3 is 9.84 Å². The van der Waals surface area contributed by atoms with Gasteiger partial charge in [-0.1, -0.05) is 6.58 Å². The average Bonchev–Trinajstić information content (AvgIpc) is 1.67. The van der Waals surface area contributed by atoms with Gasteiger partial charge in [-0.15, -0.1) is 0 Å². The predicted molar refractivity (Wildman–Crippen MR) is 32.4 cm³/mol. The first-order chi connectivity index (χ1) is 3.50. The van der Waals surface area contributed by atoms with Gasteiger partial charge in [-0.05, 0) is 19.4 Å². The fourth-order valence-corrected chi connectivity index (χ4v) is 0.174. The summed E-state index contributed by atoms with van der Waals surface area (Å²) in [6, 6.07) is 0. The van der Waals surface area contributed by atoms with Gasteiger partial charge in [0.1, 0.15) is 0 Å². The minimum atomic E-state index is -1.15. The molecule has 48 valence electrons. The molecule has 2 heteroatoms. The number of ether oxygens (including phenoxy) is 1. The molecule has 0 aromatic rings. The van der Waals surface area contributed by atoms with Gasteiger partial charge in [-0.3, -0.25) is 0 Å². The molecule has 0 aromatic heterocycles. The molecule has 0 radical (unpaired) electrons. The molecule has 0 saturated heterocycles. The van der Waals surface area contributed by atoms with Crippen LogP contribution in [0.2, 0.25) is 0 Å². The molecular weight excluding hydrogens is 104 g/mol. The van der Waals surface area contributed by atoms with Gasteiger partial charge in [0.15, 0.2) is 5.79 Å². The molecular formula is C6H12O2. The summed E-state index contributed by atoms with van der Waals surface area (Å²) in [5.74, 6) is -1.15. The largest absolute Gasteiger partial charge is 0.362 e. The lowest BCUT2D eigenvalue weighted by atomic mass is 10.2. The van der Waals surface area contributed by atoms with Crippen molar-refractivity contribution >= 4 is 0 Å². The highest BCUT2D eigenvalue weighted by Crippen LogP contribution is 2.12. The molecule has 0 amide bonds. The van der Waals surface area contributed by atoms with Crippen LogP contribution in [-0.2, 0) is 4.74 Å². The van der Waals surface area contributed by atoms with Gasteiger partial charge >= 0.3 is 0 Å². The Hall–Kier alpha value is -0.340. The molecule has 1 unspecified atom stereocenters. The number of hydrogen-bond acceptors (Lipinski definition) is 2. The Kier molecular flexibility index (Phi) is 2.19. The second-order valence-electron chi connectivity index (χ2n) is 1.97. The first kappa shape index (κ1) is 7.66. The quantitative estimate of drug-likeness (QED) is 0.429. The maximum Gasteiger partial charge on any atom is 0.184 e. The zero-order valence-electron chi connectivity index (χ0n) is 5.56. The van der Waals surface area contributed by atoms with Gasteiger partial charge in [0.2, 0.25) is 0 Å². The molecule has 0 saturated carbocycles. The monoisotopic (exact) mass is 116 g/mol. The second-order valence-corrected chi connectivity index (χ2v) is 1.97. The van der Waals surface area contributed by atoms with Crippen molar-refractivity contribution in [2.75, 3.05) is 7.11 Å². The van der Waals surface area contributed by atoms with E-state index in [9.17, 15) is 0 Å². The first-order valence-electron chi connectivity index (χ1n) is 2.44. The number of aliphatic hydroxyl groups is 1. The van der Waals surface area contributed by atoms with E-state index >= 15 is 0 Å². The van der Waals surface area contributed by atoms with E-state index in [1.54, 1.807) is 13.8 Å². The van der Waals surface area contributed by atoms with E-state index in [0.717, 1.165) is 0 Å². The van der Waals surface area contributed by atoms with Gasteiger partial charge in [0.05, 0.1) is 0 Å². The summed E-state index contributed by atoms with van der Waals surface area (Å²) < 4.78 is 4.66. The van der Waals surface area contributed by atoms with Crippen molar-refractivity contribution in [3.8, 4) is 0 Å². The van der Waals surface area contributed by atoms with Crippen LogP contribution in [0.25, 0.3) is 0 Å². The van der Waals surface area contributed by atoms with E-state index in [0.29, 0.717) is 5.57 Å². The van der Waals surface area contributed by atoms with Gasteiger partial charge in [-0.25, -0.2) is 0 Å². The van der Waals surface area contributed by atoms with Crippen LogP contribution in [-0.4, -0.2) is 18.0 Å². The van der Waals surface area contributed by atoms with Gasteiger partial charge in [0.25, 0.3) is 0 Å². The lowest BCUT2D eigenvalue weighted by Crippen LogP contribution is -2.26. The number of methoxy groups -OCH3 is 1. The summed E-state index contributed by atoms with van der Waals surface area (Å²) in [5, 5.41) is 9.08. The molecule has 2 nitrogen and oxygen atoms in total. The Balaban J connectivity index is 3.91. The Bertz CT molecular complexity index is 94.7. The third kappa shape index (κ3) is 1.64. The minimum absolute atomic E-state index is 0.611. The van der Waals surface area contributed by atoms with Crippen LogP contribution < -0.4 is 0 Å². The van der Waals surface area contributed by atoms with Crippen LogP contribution in [0.3, 0.4) is 0 Å². The minimum Gasteiger partial charge on any atom is -0.362 e. The molecule has 1 atom stereocenters. The maximum atomic E-state index is 9.08. The van der Waals surface area contributed by atoms with E-state index in [1.165, 1.54) is 7.11 Å². The van der Waals surface area contributed by atoms with E-state index in [1.807, 2.05) is 0 Å². The molecule has 0 spiro atoms. The van der Waals surface area contributed by atoms with Gasteiger partial charge in [-0.2, -0.15) is 0 Å². The Morgan fingerprint density at radius 2 is 2.12 bits per heavy atom. The molecule has 0 aromatic carbocycles. The number of rotatable bonds is 2. The summed E-state index contributed by atoms with van der Waals surface area (Å²) >= 11 is 0. The highest BCUT2D eigenvalue weighted by molar-refractivity contribution is 5.00. The highest BCUT2D eigenvalue weighted by Gasteiger charge is 2.18. The van der Waals surface area contributed by atoms with Crippen molar-refractivity contribution in [1.82, 2.24) is 0 Å². The average molecular weight is 116 g/mol. The molecule has 8 heavy (non-hydrogen) atoms. The third-order valence-corrected chi connectivity index (χ3v) is 1.19. The predicted octanol–water partition coefficient (Wildman–Crippen LogP) is 0.917. The third-order valence-electron chi connectivity index (χ3n) is 1.19. The standard InChI is InChI=1S/C6H12O2/c1-5(2)6(3,7)8-4/h7H,1H2,2-4H3.